The molecule has 0 saturated carbocycles. The van der Waals surface area contributed by atoms with Crippen LogP contribution >= 0.6 is 8.53 Å². The second kappa shape index (κ2) is 3.99. The van der Waals surface area contributed by atoms with Crippen molar-refractivity contribution in [2.75, 3.05) is 11.3 Å². The van der Waals surface area contributed by atoms with Crippen LogP contribution in [0.15, 0.2) is 24.3 Å². The highest BCUT2D eigenvalue weighted by Gasteiger charge is 2.42. The number of hydrogen-bond acceptors (Lipinski definition) is 3. The molecule has 0 aromatic heterocycles. The van der Waals surface area contributed by atoms with Crippen LogP contribution < -0.4 is 4.67 Å². The molecule has 0 amide bonds. The molecule has 0 N–H and O–H groups in total. The first-order valence-corrected chi connectivity index (χ1v) is 6.85. The fraction of sp³-hybridized carbons (Fsp3) is 0.500. The lowest BCUT2D eigenvalue weighted by Gasteiger charge is -2.24. The number of fused-ring (bicyclic) bond motifs is 3. The predicted octanol–water partition coefficient (Wildman–Crippen LogP) is 3.10. The first kappa shape index (κ1) is 10.5. The van der Waals surface area contributed by atoms with Gasteiger partial charge in [0.05, 0.1) is 18.8 Å². The Bertz CT molecular complexity index is 396. The van der Waals surface area contributed by atoms with Crippen LogP contribution in [0.2, 0.25) is 0 Å². The molecule has 0 unspecified atom stereocenters. The van der Waals surface area contributed by atoms with E-state index in [0.717, 1.165) is 13.0 Å². The van der Waals surface area contributed by atoms with Gasteiger partial charge in [-0.15, -0.1) is 0 Å². The van der Waals surface area contributed by atoms with E-state index in [1.165, 1.54) is 11.3 Å². The first-order valence-electron chi connectivity index (χ1n) is 5.72. The summed E-state index contributed by atoms with van der Waals surface area (Å²) in [5.41, 5.74) is 2.73. The topological polar surface area (TPSA) is 21.7 Å². The van der Waals surface area contributed by atoms with E-state index in [4.69, 9.17) is 9.05 Å². The Morgan fingerprint density at radius 1 is 1.44 bits per heavy atom. The van der Waals surface area contributed by atoms with E-state index in [2.05, 4.69) is 42.8 Å². The molecule has 2 heterocycles. The minimum absolute atomic E-state index is 0.220. The lowest BCUT2D eigenvalue weighted by atomic mass is 10.1. The molecule has 2 aliphatic heterocycles. The van der Waals surface area contributed by atoms with Crippen molar-refractivity contribution in [1.82, 2.24) is 0 Å². The zero-order valence-corrected chi connectivity index (χ0v) is 10.5. The highest BCUT2D eigenvalue weighted by Crippen LogP contribution is 2.56. The molecule has 16 heavy (non-hydrogen) atoms. The van der Waals surface area contributed by atoms with Gasteiger partial charge in [-0.1, -0.05) is 18.2 Å². The van der Waals surface area contributed by atoms with E-state index in [9.17, 15) is 0 Å². The highest BCUT2D eigenvalue weighted by molar-refractivity contribution is 7.49. The van der Waals surface area contributed by atoms with E-state index >= 15 is 0 Å². The molecule has 1 aromatic rings. The zero-order valence-electron chi connectivity index (χ0n) is 9.59. The van der Waals surface area contributed by atoms with Crippen LogP contribution in [-0.4, -0.2) is 18.8 Å². The number of hydrogen-bond donors (Lipinski definition) is 0. The largest absolute Gasteiger partial charge is 0.315 e. The second-order valence-electron chi connectivity index (χ2n) is 4.52. The van der Waals surface area contributed by atoms with Crippen molar-refractivity contribution < 1.29 is 9.05 Å². The van der Waals surface area contributed by atoms with Crippen molar-refractivity contribution in [3.8, 4) is 0 Å². The third-order valence-electron chi connectivity index (χ3n) is 2.89. The Morgan fingerprint density at radius 2 is 2.25 bits per heavy atom. The Balaban J connectivity index is 1.88. The van der Waals surface area contributed by atoms with Crippen LogP contribution in [0, 0.1) is 0 Å². The zero-order chi connectivity index (χ0) is 11.1. The molecule has 0 aliphatic carbocycles. The first-order chi connectivity index (χ1) is 7.75. The molecule has 1 saturated heterocycles. The molecule has 3 rings (SSSR count). The van der Waals surface area contributed by atoms with Gasteiger partial charge in [0.2, 0.25) is 0 Å². The normalized spacial score (nSPS) is 27.3. The van der Waals surface area contributed by atoms with E-state index in [1.54, 1.807) is 0 Å². The van der Waals surface area contributed by atoms with Gasteiger partial charge in [-0.3, -0.25) is 0 Å². The standard InChI is InChI=1S/C12H16NO2P/c1-9(2)15-16-13-11(8-14-16)7-10-5-3-4-6-12(10)13/h3-6,9,11H,7-8H2,1-2H3/t11-,16-/m1/s1. The Morgan fingerprint density at radius 3 is 3.06 bits per heavy atom. The molecule has 2 atom stereocenters. The van der Waals surface area contributed by atoms with Gasteiger partial charge in [0, 0.05) is 5.69 Å². The van der Waals surface area contributed by atoms with Crippen molar-refractivity contribution in [3.63, 3.8) is 0 Å². The molecular formula is C12H16NO2P. The van der Waals surface area contributed by atoms with Crippen LogP contribution in [0.3, 0.4) is 0 Å². The molecule has 2 aliphatic rings. The number of benzene rings is 1. The van der Waals surface area contributed by atoms with Crippen LogP contribution in [0.1, 0.15) is 19.4 Å². The molecule has 4 heteroatoms. The molecule has 3 nitrogen and oxygen atoms in total. The van der Waals surface area contributed by atoms with Gasteiger partial charge in [-0.25, -0.2) is 0 Å². The van der Waals surface area contributed by atoms with Crippen molar-refractivity contribution in [2.24, 2.45) is 0 Å². The molecule has 1 aromatic carbocycles. The van der Waals surface area contributed by atoms with Crippen molar-refractivity contribution in [2.45, 2.75) is 32.4 Å². The lowest BCUT2D eigenvalue weighted by Crippen LogP contribution is -2.23. The van der Waals surface area contributed by atoms with Gasteiger partial charge < -0.3 is 13.7 Å². The number of rotatable bonds is 2. The Kier molecular flexibility index (Phi) is 2.62. The molecule has 0 radical (unpaired) electrons. The maximum atomic E-state index is 5.85. The summed E-state index contributed by atoms with van der Waals surface area (Å²) >= 11 is 0. The van der Waals surface area contributed by atoms with Gasteiger partial charge in [0.15, 0.2) is 0 Å². The van der Waals surface area contributed by atoms with Crippen LogP contribution in [0.25, 0.3) is 0 Å². The molecule has 0 bridgehead atoms. The summed E-state index contributed by atoms with van der Waals surface area (Å²) < 4.78 is 13.9. The van der Waals surface area contributed by atoms with E-state index < -0.39 is 8.53 Å². The van der Waals surface area contributed by atoms with Gasteiger partial charge in [-0.05, 0) is 31.9 Å². The lowest BCUT2D eigenvalue weighted by molar-refractivity contribution is 0.221. The number of nitrogens with zero attached hydrogens (tertiary/aromatic N) is 1. The third kappa shape index (κ3) is 1.64. The van der Waals surface area contributed by atoms with E-state index in [0.29, 0.717) is 6.04 Å². The maximum Gasteiger partial charge on any atom is 0.290 e. The summed E-state index contributed by atoms with van der Waals surface area (Å²) in [6.07, 6.45) is 1.31. The number of para-hydroxylation sites is 1. The quantitative estimate of drug-likeness (QED) is 0.738. The third-order valence-corrected chi connectivity index (χ3v) is 4.76. The fourth-order valence-electron chi connectivity index (χ4n) is 2.27. The summed E-state index contributed by atoms with van der Waals surface area (Å²) in [7, 11) is -0.878. The van der Waals surface area contributed by atoms with Gasteiger partial charge >= 0.3 is 0 Å². The molecule has 1 fully saturated rings. The molecule has 0 spiro atoms. The average Bonchev–Trinajstić information content (AvgIpc) is 2.77. The van der Waals surface area contributed by atoms with Crippen molar-refractivity contribution >= 4 is 14.2 Å². The summed E-state index contributed by atoms with van der Waals surface area (Å²) in [5.74, 6) is 0. The molecule has 86 valence electrons. The SMILES string of the molecule is CC(C)O[P@@]1OC[C@H]2Cc3ccccc3N21. The minimum atomic E-state index is -0.878. The summed E-state index contributed by atoms with van der Waals surface area (Å²) in [6, 6.07) is 9.05. The average molecular weight is 237 g/mol. The van der Waals surface area contributed by atoms with Crippen molar-refractivity contribution in [3.05, 3.63) is 29.8 Å². The fourth-order valence-corrected chi connectivity index (χ4v) is 4.00. The summed E-state index contributed by atoms with van der Waals surface area (Å²) in [5, 5.41) is 0. The maximum absolute atomic E-state index is 5.85. The van der Waals surface area contributed by atoms with E-state index in [-0.39, 0.29) is 6.10 Å². The van der Waals surface area contributed by atoms with Crippen LogP contribution in [0.4, 0.5) is 5.69 Å². The van der Waals surface area contributed by atoms with Crippen molar-refractivity contribution in [1.29, 1.82) is 0 Å². The second-order valence-corrected chi connectivity index (χ2v) is 5.89. The van der Waals surface area contributed by atoms with Crippen LogP contribution in [-0.2, 0) is 15.5 Å². The van der Waals surface area contributed by atoms with Crippen LogP contribution in [0.5, 0.6) is 0 Å². The Hall–Kier alpha value is -0.630. The monoisotopic (exact) mass is 237 g/mol. The number of anilines is 1. The smallest absolute Gasteiger partial charge is 0.290 e. The molecular weight excluding hydrogens is 221 g/mol. The Labute approximate surface area is 97.3 Å². The van der Waals surface area contributed by atoms with E-state index in [1.807, 2.05) is 0 Å². The minimum Gasteiger partial charge on any atom is -0.315 e. The van der Waals surface area contributed by atoms with Gasteiger partial charge in [-0.2, -0.15) is 0 Å². The predicted molar refractivity (Wildman–Crippen MR) is 65.5 cm³/mol. The highest BCUT2D eigenvalue weighted by atomic mass is 31.2. The summed E-state index contributed by atoms with van der Waals surface area (Å²) in [6.45, 7) is 4.91. The van der Waals surface area contributed by atoms with Gasteiger partial charge in [0.1, 0.15) is 0 Å². The summed E-state index contributed by atoms with van der Waals surface area (Å²) in [4.78, 5) is 0. The van der Waals surface area contributed by atoms with Gasteiger partial charge in [0.25, 0.3) is 8.53 Å².